The van der Waals surface area contributed by atoms with E-state index in [1.807, 2.05) is 6.92 Å². The van der Waals surface area contributed by atoms with E-state index in [1.54, 1.807) is 0 Å². The number of nitro groups is 1. The molecule has 1 rings (SSSR count). The lowest BCUT2D eigenvalue weighted by Gasteiger charge is -2.21. The standard InChI is InChI=1S/C13H19N3O4/c1-2-3-6-15(7-8-17)13(18)10-4-5-12(16(19)20)11(14)9-10/h4-5,9,17H,2-3,6-8,14H2,1H3. The average molecular weight is 281 g/mol. The smallest absolute Gasteiger partial charge is 0.292 e. The van der Waals surface area contributed by atoms with E-state index in [0.717, 1.165) is 12.8 Å². The van der Waals surface area contributed by atoms with Gasteiger partial charge < -0.3 is 15.7 Å². The zero-order valence-electron chi connectivity index (χ0n) is 11.4. The first-order valence-corrected chi connectivity index (χ1v) is 6.45. The highest BCUT2D eigenvalue weighted by Crippen LogP contribution is 2.22. The average Bonchev–Trinajstić information content (AvgIpc) is 2.42. The third-order valence-corrected chi connectivity index (χ3v) is 2.91. The molecule has 0 heterocycles. The summed E-state index contributed by atoms with van der Waals surface area (Å²) in [5, 5.41) is 19.7. The van der Waals surface area contributed by atoms with Gasteiger partial charge in [-0.3, -0.25) is 14.9 Å². The van der Waals surface area contributed by atoms with E-state index >= 15 is 0 Å². The molecule has 0 atom stereocenters. The fourth-order valence-corrected chi connectivity index (χ4v) is 1.82. The number of amides is 1. The third-order valence-electron chi connectivity index (χ3n) is 2.91. The molecule has 0 aliphatic carbocycles. The molecule has 0 saturated carbocycles. The Balaban J connectivity index is 2.94. The summed E-state index contributed by atoms with van der Waals surface area (Å²) >= 11 is 0. The number of aliphatic hydroxyl groups excluding tert-OH is 1. The van der Waals surface area contributed by atoms with Crippen molar-refractivity contribution in [2.24, 2.45) is 0 Å². The fraction of sp³-hybridized carbons (Fsp3) is 0.462. The number of unbranched alkanes of at least 4 members (excludes halogenated alkanes) is 1. The van der Waals surface area contributed by atoms with E-state index in [1.165, 1.54) is 23.1 Å². The number of nitrogens with two attached hydrogens (primary N) is 1. The molecular weight excluding hydrogens is 262 g/mol. The first-order valence-electron chi connectivity index (χ1n) is 6.45. The lowest BCUT2D eigenvalue weighted by molar-refractivity contribution is -0.383. The second-order valence-corrected chi connectivity index (χ2v) is 4.40. The number of aliphatic hydroxyl groups is 1. The molecule has 0 spiro atoms. The molecule has 0 radical (unpaired) electrons. The van der Waals surface area contributed by atoms with Crippen LogP contribution in [0.1, 0.15) is 30.1 Å². The lowest BCUT2D eigenvalue weighted by Crippen LogP contribution is -2.34. The Kier molecular flexibility index (Phi) is 5.92. The molecule has 0 bridgehead atoms. The summed E-state index contributed by atoms with van der Waals surface area (Å²) in [4.78, 5) is 23.9. The highest BCUT2D eigenvalue weighted by atomic mass is 16.6. The van der Waals surface area contributed by atoms with Gasteiger partial charge in [-0.05, 0) is 18.6 Å². The molecule has 7 heteroatoms. The lowest BCUT2D eigenvalue weighted by atomic mass is 10.1. The predicted octanol–water partition coefficient (Wildman–Crippen LogP) is 1.41. The van der Waals surface area contributed by atoms with Crippen LogP contribution < -0.4 is 5.73 Å². The monoisotopic (exact) mass is 281 g/mol. The van der Waals surface area contributed by atoms with E-state index in [2.05, 4.69) is 0 Å². The van der Waals surface area contributed by atoms with Gasteiger partial charge in [0.15, 0.2) is 0 Å². The molecule has 3 N–H and O–H groups in total. The van der Waals surface area contributed by atoms with Crippen LogP contribution in [-0.2, 0) is 0 Å². The Hall–Kier alpha value is -2.15. The van der Waals surface area contributed by atoms with Crippen molar-refractivity contribution in [1.29, 1.82) is 0 Å². The van der Waals surface area contributed by atoms with E-state index < -0.39 is 4.92 Å². The van der Waals surface area contributed by atoms with Crippen molar-refractivity contribution in [3.63, 3.8) is 0 Å². The van der Waals surface area contributed by atoms with E-state index in [0.29, 0.717) is 6.54 Å². The quantitative estimate of drug-likeness (QED) is 0.446. The highest BCUT2D eigenvalue weighted by molar-refractivity contribution is 5.95. The molecule has 0 aliphatic heterocycles. The van der Waals surface area contributed by atoms with Crippen molar-refractivity contribution < 1.29 is 14.8 Å². The van der Waals surface area contributed by atoms with Gasteiger partial charge in [0, 0.05) is 24.7 Å². The number of anilines is 1. The van der Waals surface area contributed by atoms with Crippen LogP contribution in [0.15, 0.2) is 18.2 Å². The van der Waals surface area contributed by atoms with Crippen LogP contribution in [0.2, 0.25) is 0 Å². The largest absolute Gasteiger partial charge is 0.395 e. The van der Waals surface area contributed by atoms with Crippen molar-refractivity contribution in [2.45, 2.75) is 19.8 Å². The van der Waals surface area contributed by atoms with Crippen LogP contribution in [0, 0.1) is 10.1 Å². The number of benzene rings is 1. The van der Waals surface area contributed by atoms with Crippen molar-refractivity contribution in [2.75, 3.05) is 25.4 Å². The number of rotatable bonds is 7. The minimum atomic E-state index is -0.591. The van der Waals surface area contributed by atoms with E-state index in [9.17, 15) is 14.9 Å². The minimum Gasteiger partial charge on any atom is -0.395 e. The van der Waals surface area contributed by atoms with Crippen molar-refractivity contribution in [3.05, 3.63) is 33.9 Å². The molecular formula is C13H19N3O4. The number of carbonyl (C=O) groups excluding carboxylic acids is 1. The van der Waals surface area contributed by atoms with Crippen LogP contribution in [0.4, 0.5) is 11.4 Å². The number of hydrogen-bond donors (Lipinski definition) is 2. The van der Waals surface area contributed by atoms with Crippen LogP contribution >= 0.6 is 0 Å². The molecule has 0 aromatic heterocycles. The number of nitrogens with zero attached hydrogens (tertiary/aromatic N) is 2. The van der Waals surface area contributed by atoms with Crippen LogP contribution in [-0.4, -0.2) is 40.5 Å². The molecule has 110 valence electrons. The summed E-state index contributed by atoms with van der Waals surface area (Å²) in [7, 11) is 0. The van der Waals surface area contributed by atoms with Gasteiger partial charge in [0.05, 0.1) is 11.5 Å². The van der Waals surface area contributed by atoms with Gasteiger partial charge in [0.2, 0.25) is 0 Å². The Morgan fingerprint density at radius 2 is 2.15 bits per heavy atom. The first-order chi connectivity index (χ1) is 9.51. The third kappa shape index (κ3) is 3.92. The SMILES string of the molecule is CCCCN(CCO)C(=O)c1ccc([N+](=O)[O-])c(N)c1. The molecule has 0 aliphatic rings. The summed E-state index contributed by atoms with van der Waals surface area (Å²) in [6.07, 6.45) is 1.76. The minimum absolute atomic E-state index is 0.0414. The summed E-state index contributed by atoms with van der Waals surface area (Å²) in [5.41, 5.74) is 5.60. The van der Waals surface area contributed by atoms with Gasteiger partial charge in [0.1, 0.15) is 5.69 Å². The van der Waals surface area contributed by atoms with E-state index in [4.69, 9.17) is 10.8 Å². The number of nitro benzene ring substituents is 1. The summed E-state index contributed by atoms with van der Waals surface area (Å²) in [5.74, 6) is -0.283. The van der Waals surface area contributed by atoms with Gasteiger partial charge in [-0.2, -0.15) is 0 Å². The molecule has 7 nitrogen and oxygen atoms in total. The Bertz CT molecular complexity index is 491. The first kappa shape index (κ1) is 15.9. The molecule has 0 unspecified atom stereocenters. The van der Waals surface area contributed by atoms with E-state index in [-0.39, 0.29) is 36.0 Å². The Morgan fingerprint density at radius 1 is 1.45 bits per heavy atom. The maximum atomic E-state index is 12.3. The van der Waals surface area contributed by atoms with Crippen LogP contribution in [0.3, 0.4) is 0 Å². The second-order valence-electron chi connectivity index (χ2n) is 4.40. The number of carbonyl (C=O) groups is 1. The normalized spacial score (nSPS) is 10.3. The Labute approximate surface area is 117 Å². The van der Waals surface area contributed by atoms with Crippen molar-refractivity contribution in [3.8, 4) is 0 Å². The van der Waals surface area contributed by atoms with Gasteiger partial charge >= 0.3 is 0 Å². The fourth-order valence-electron chi connectivity index (χ4n) is 1.82. The molecule has 1 aromatic carbocycles. The van der Waals surface area contributed by atoms with Crippen molar-refractivity contribution >= 4 is 17.3 Å². The van der Waals surface area contributed by atoms with Gasteiger partial charge in [0.25, 0.3) is 11.6 Å². The van der Waals surface area contributed by atoms with Gasteiger partial charge in [-0.1, -0.05) is 13.3 Å². The maximum Gasteiger partial charge on any atom is 0.292 e. The molecule has 1 amide bonds. The predicted molar refractivity (Wildman–Crippen MR) is 75.4 cm³/mol. The summed E-state index contributed by atoms with van der Waals surface area (Å²) in [6, 6.07) is 3.91. The van der Waals surface area contributed by atoms with Gasteiger partial charge in [-0.15, -0.1) is 0 Å². The second kappa shape index (κ2) is 7.44. The summed E-state index contributed by atoms with van der Waals surface area (Å²) in [6.45, 7) is 2.64. The summed E-state index contributed by atoms with van der Waals surface area (Å²) < 4.78 is 0. The number of hydrogen-bond acceptors (Lipinski definition) is 5. The molecule has 0 saturated heterocycles. The molecule has 1 aromatic rings. The van der Waals surface area contributed by atoms with Crippen LogP contribution in [0.25, 0.3) is 0 Å². The molecule has 20 heavy (non-hydrogen) atoms. The molecule has 0 fully saturated rings. The van der Waals surface area contributed by atoms with Crippen molar-refractivity contribution in [1.82, 2.24) is 4.90 Å². The zero-order valence-corrected chi connectivity index (χ0v) is 11.4. The highest BCUT2D eigenvalue weighted by Gasteiger charge is 2.18. The van der Waals surface area contributed by atoms with Gasteiger partial charge in [-0.25, -0.2) is 0 Å². The Morgan fingerprint density at radius 3 is 2.65 bits per heavy atom. The van der Waals surface area contributed by atoms with Crippen LogP contribution in [0.5, 0.6) is 0 Å². The number of nitrogen functional groups attached to an aromatic ring is 1. The zero-order chi connectivity index (χ0) is 15.1. The maximum absolute atomic E-state index is 12.3. The topological polar surface area (TPSA) is 110 Å².